The van der Waals surface area contributed by atoms with Crippen molar-refractivity contribution in [3.63, 3.8) is 0 Å². The van der Waals surface area contributed by atoms with E-state index < -0.39 is 0 Å². The zero-order valence-electron chi connectivity index (χ0n) is 18.9. The zero-order chi connectivity index (χ0) is 21.4. The number of methoxy groups -OCH3 is 1. The van der Waals surface area contributed by atoms with Gasteiger partial charge in [-0.05, 0) is 19.3 Å². The van der Waals surface area contributed by atoms with Gasteiger partial charge in [0.2, 0.25) is 0 Å². The van der Waals surface area contributed by atoms with Crippen LogP contribution in [0.5, 0.6) is 17.2 Å². The maximum atomic E-state index is 6.18. The standard InChI is InChI=1S/C26H39BrO3/c1-3-4-5-9-15-20-30-26-23-17-12-11-16-22(23)24(21-25(26)28-2)29-19-14-10-7-6-8-13-18-27/h11-12,16-17,21H,3-10,13-15,18-20H2,1-2H3. The van der Waals surface area contributed by atoms with E-state index in [0.29, 0.717) is 0 Å². The third kappa shape index (κ3) is 8.37. The van der Waals surface area contributed by atoms with Gasteiger partial charge in [0.15, 0.2) is 11.5 Å². The Morgan fingerprint density at radius 3 is 1.97 bits per heavy atom. The first-order valence-corrected chi connectivity index (χ1v) is 12.8. The number of halogens is 1. The SMILES string of the molecule is CCCCCCCOc1c(OC)cc(OCCCCCCCCBr)c2ccccc12. The Morgan fingerprint density at radius 2 is 1.30 bits per heavy atom. The Hall–Kier alpha value is -1.42. The summed E-state index contributed by atoms with van der Waals surface area (Å²) in [5, 5.41) is 3.27. The van der Waals surface area contributed by atoms with Crippen molar-refractivity contribution in [3.8, 4) is 17.2 Å². The molecular weight excluding hydrogens is 440 g/mol. The number of alkyl halides is 1. The van der Waals surface area contributed by atoms with E-state index in [2.05, 4.69) is 41.1 Å². The molecule has 0 atom stereocenters. The summed E-state index contributed by atoms with van der Waals surface area (Å²) in [7, 11) is 1.70. The van der Waals surface area contributed by atoms with Gasteiger partial charge in [-0.15, -0.1) is 0 Å². The quantitative estimate of drug-likeness (QED) is 0.169. The first kappa shape index (κ1) is 24.8. The molecule has 4 heteroatoms. The molecule has 0 aliphatic carbocycles. The number of hydrogen-bond acceptors (Lipinski definition) is 3. The summed E-state index contributed by atoms with van der Waals surface area (Å²) >= 11 is 3.49. The van der Waals surface area contributed by atoms with Crippen LogP contribution in [0.3, 0.4) is 0 Å². The first-order valence-electron chi connectivity index (χ1n) is 11.7. The Balaban J connectivity index is 1.95. The second kappa shape index (κ2) is 15.4. The minimum atomic E-state index is 0.722. The highest BCUT2D eigenvalue weighted by Crippen LogP contribution is 2.41. The summed E-state index contributed by atoms with van der Waals surface area (Å²) in [5.74, 6) is 2.48. The molecule has 2 rings (SSSR count). The summed E-state index contributed by atoms with van der Waals surface area (Å²) in [4.78, 5) is 0. The normalized spacial score (nSPS) is 11.0. The fourth-order valence-corrected chi connectivity index (χ4v) is 4.07. The van der Waals surface area contributed by atoms with Crippen LogP contribution < -0.4 is 14.2 Å². The van der Waals surface area contributed by atoms with Crippen LogP contribution in [0.2, 0.25) is 0 Å². The van der Waals surface area contributed by atoms with E-state index in [1.54, 1.807) is 7.11 Å². The molecule has 0 N–H and O–H groups in total. The molecule has 0 saturated carbocycles. The van der Waals surface area contributed by atoms with Crippen molar-refractivity contribution < 1.29 is 14.2 Å². The van der Waals surface area contributed by atoms with Crippen LogP contribution in [-0.2, 0) is 0 Å². The summed E-state index contributed by atoms with van der Waals surface area (Å²) in [5.41, 5.74) is 0. The summed E-state index contributed by atoms with van der Waals surface area (Å²) in [6.07, 6.45) is 13.6. The molecule has 0 aliphatic rings. The molecule has 0 aliphatic heterocycles. The Bertz CT molecular complexity index is 717. The molecule has 0 fully saturated rings. The molecule has 0 heterocycles. The van der Waals surface area contributed by atoms with Gasteiger partial charge in [-0.3, -0.25) is 0 Å². The summed E-state index contributed by atoms with van der Waals surface area (Å²) in [6, 6.07) is 10.3. The topological polar surface area (TPSA) is 27.7 Å². The second-order valence-electron chi connectivity index (χ2n) is 7.87. The molecule has 0 amide bonds. The largest absolute Gasteiger partial charge is 0.493 e. The molecule has 30 heavy (non-hydrogen) atoms. The van der Waals surface area contributed by atoms with Gasteiger partial charge in [0.05, 0.1) is 20.3 Å². The van der Waals surface area contributed by atoms with Crippen LogP contribution in [0.15, 0.2) is 30.3 Å². The van der Waals surface area contributed by atoms with Crippen molar-refractivity contribution in [2.45, 2.75) is 77.6 Å². The molecule has 2 aromatic rings. The highest BCUT2D eigenvalue weighted by molar-refractivity contribution is 9.09. The monoisotopic (exact) mass is 478 g/mol. The van der Waals surface area contributed by atoms with E-state index in [0.717, 1.165) is 59.4 Å². The number of ether oxygens (including phenoxy) is 3. The van der Waals surface area contributed by atoms with E-state index >= 15 is 0 Å². The van der Waals surface area contributed by atoms with Crippen LogP contribution in [0.1, 0.15) is 77.6 Å². The van der Waals surface area contributed by atoms with Crippen molar-refractivity contribution >= 4 is 26.7 Å². The zero-order valence-corrected chi connectivity index (χ0v) is 20.5. The van der Waals surface area contributed by atoms with Gasteiger partial charge in [-0.1, -0.05) is 98.5 Å². The van der Waals surface area contributed by atoms with Crippen LogP contribution >= 0.6 is 15.9 Å². The number of fused-ring (bicyclic) bond motifs is 1. The molecular formula is C26H39BrO3. The molecule has 0 unspecified atom stereocenters. The summed E-state index contributed by atoms with van der Waals surface area (Å²) in [6.45, 7) is 3.70. The van der Waals surface area contributed by atoms with Crippen molar-refractivity contribution in [2.75, 3.05) is 25.7 Å². The van der Waals surface area contributed by atoms with Gasteiger partial charge in [0, 0.05) is 22.2 Å². The third-order valence-corrected chi connectivity index (χ3v) is 5.98. The van der Waals surface area contributed by atoms with Crippen molar-refractivity contribution in [1.29, 1.82) is 0 Å². The number of hydrogen-bond donors (Lipinski definition) is 0. The maximum Gasteiger partial charge on any atom is 0.169 e. The highest BCUT2D eigenvalue weighted by Gasteiger charge is 2.15. The van der Waals surface area contributed by atoms with Crippen LogP contribution in [0.25, 0.3) is 10.8 Å². The van der Waals surface area contributed by atoms with E-state index in [1.807, 2.05) is 12.1 Å². The molecule has 2 aromatic carbocycles. The fraction of sp³-hybridized carbons (Fsp3) is 0.615. The van der Waals surface area contributed by atoms with E-state index in [9.17, 15) is 0 Å². The predicted molar refractivity (Wildman–Crippen MR) is 132 cm³/mol. The van der Waals surface area contributed by atoms with Gasteiger partial charge in [0.25, 0.3) is 0 Å². The number of unbranched alkanes of at least 4 members (excludes halogenated alkanes) is 9. The second-order valence-corrected chi connectivity index (χ2v) is 8.67. The van der Waals surface area contributed by atoms with E-state index in [-0.39, 0.29) is 0 Å². The first-order chi connectivity index (χ1) is 14.8. The van der Waals surface area contributed by atoms with Crippen LogP contribution in [0.4, 0.5) is 0 Å². The lowest BCUT2D eigenvalue weighted by Gasteiger charge is -2.17. The minimum absolute atomic E-state index is 0.722. The minimum Gasteiger partial charge on any atom is -0.493 e. The lowest BCUT2D eigenvalue weighted by molar-refractivity contribution is 0.283. The van der Waals surface area contributed by atoms with Gasteiger partial charge in [-0.25, -0.2) is 0 Å². The van der Waals surface area contributed by atoms with Crippen molar-refractivity contribution in [3.05, 3.63) is 30.3 Å². The van der Waals surface area contributed by atoms with Gasteiger partial charge in [0.1, 0.15) is 5.75 Å². The Morgan fingerprint density at radius 1 is 0.700 bits per heavy atom. The Kier molecular flexibility index (Phi) is 12.7. The molecule has 0 bridgehead atoms. The molecule has 0 saturated heterocycles. The molecule has 3 nitrogen and oxygen atoms in total. The van der Waals surface area contributed by atoms with Crippen molar-refractivity contribution in [1.82, 2.24) is 0 Å². The lowest BCUT2D eigenvalue weighted by atomic mass is 10.1. The van der Waals surface area contributed by atoms with E-state index in [1.165, 1.54) is 57.8 Å². The Labute approximate surface area is 191 Å². The predicted octanol–water partition coefficient (Wildman–Crippen LogP) is 8.31. The van der Waals surface area contributed by atoms with Crippen molar-refractivity contribution in [2.24, 2.45) is 0 Å². The molecule has 0 radical (unpaired) electrons. The average molecular weight is 479 g/mol. The number of rotatable bonds is 17. The van der Waals surface area contributed by atoms with Gasteiger partial charge in [-0.2, -0.15) is 0 Å². The van der Waals surface area contributed by atoms with Crippen LogP contribution in [0, 0.1) is 0 Å². The van der Waals surface area contributed by atoms with Gasteiger partial charge >= 0.3 is 0 Å². The van der Waals surface area contributed by atoms with E-state index in [4.69, 9.17) is 14.2 Å². The molecule has 168 valence electrons. The maximum absolute atomic E-state index is 6.18. The number of benzene rings is 2. The van der Waals surface area contributed by atoms with Crippen LogP contribution in [-0.4, -0.2) is 25.7 Å². The summed E-state index contributed by atoms with van der Waals surface area (Å²) < 4.78 is 18.0. The molecule has 0 spiro atoms. The smallest absolute Gasteiger partial charge is 0.169 e. The third-order valence-electron chi connectivity index (χ3n) is 5.42. The highest BCUT2D eigenvalue weighted by atomic mass is 79.9. The lowest BCUT2D eigenvalue weighted by Crippen LogP contribution is -2.03. The average Bonchev–Trinajstić information content (AvgIpc) is 2.78. The van der Waals surface area contributed by atoms with Gasteiger partial charge < -0.3 is 14.2 Å². The fourth-order valence-electron chi connectivity index (χ4n) is 3.68. The molecule has 0 aromatic heterocycles.